The number of hydrogen-bond donors (Lipinski definition) is 0. The van der Waals surface area contributed by atoms with Crippen molar-refractivity contribution >= 4 is 161 Å². The highest BCUT2D eigenvalue weighted by Gasteiger charge is 2.44. The van der Waals surface area contributed by atoms with Crippen LogP contribution in [-0.4, -0.2) is 11.7 Å². The van der Waals surface area contributed by atoms with Crippen LogP contribution in [0.25, 0.3) is 10.8 Å². The van der Waals surface area contributed by atoms with Crippen LogP contribution in [0.3, 0.4) is 0 Å². The second-order valence-corrected chi connectivity index (χ2v) is 12.7. The van der Waals surface area contributed by atoms with Gasteiger partial charge in [0, 0.05) is 47.6 Å². The fraction of sp³-hybridized carbons (Fsp3) is 0. The van der Waals surface area contributed by atoms with E-state index in [1.165, 1.54) is 0 Å². The normalized spacial score (nSPS) is 14.4. The number of benzene rings is 3. The molecule has 2 heterocycles. The summed E-state index contributed by atoms with van der Waals surface area (Å²) in [7, 11) is 0. The maximum Gasteiger partial charge on any atom is 0.266 e. The Balaban J connectivity index is 1.99. The van der Waals surface area contributed by atoms with Crippen LogP contribution in [0, 0.1) is 0 Å². The molecule has 0 radical (unpaired) electrons. The SMILES string of the molecule is O=C1c2c(Br)c(Br)c(Br)c(Br)c2C2=Nc3cc(Br)c(Br)c4cc(Br)c(Br)c(c34)N12. The zero-order valence-corrected chi connectivity index (χ0v) is 26.2. The largest absolute Gasteiger partial charge is 0.268 e. The van der Waals surface area contributed by atoms with Crippen LogP contribution in [0.2, 0.25) is 0 Å². The quantitative estimate of drug-likeness (QED) is 0.164. The molecule has 3 aromatic rings. The topological polar surface area (TPSA) is 32.7 Å². The molecule has 11 heteroatoms. The van der Waals surface area contributed by atoms with Crippen molar-refractivity contribution < 1.29 is 4.79 Å². The molecule has 3 aromatic carbocycles. The number of amides is 1. The summed E-state index contributed by atoms with van der Waals surface area (Å²) in [6.07, 6.45) is 0. The Morgan fingerprint density at radius 2 is 1.28 bits per heavy atom. The molecule has 0 N–H and O–H groups in total. The van der Waals surface area contributed by atoms with Gasteiger partial charge in [-0.05, 0) is 140 Å². The molecule has 2 aliphatic heterocycles. The van der Waals surface area contributed by atoms with Crippen LogP contribution in [0.15, 0.2) is 52.9 Å². The van der Waals surface area contributed by atoms with Gasteiger partial charge in [-0.2, -0.15) is 0 Å². The van der Waals surface area contributed by atoms with Gasteiger partial charge in [-0.3, -0.25) is 9.69 Å². The average Bonchev–Trinajstić information content (AvgIpc) is 2.97. The number of rotatable bonds is 0. The lowest BCUT2D eigenvalue weighted by Crippen LogP contribution is -2.32. The van der Waals surface area contributed by atoms with Gasteiger partial charge >= 0.3 is 0 Å². The van der Waals surface area contributed by atoms with Crippen LogP contribution in [0.4, 0.5) is 11.4 Å². The minimum Gasteiger partial charge on any atom is -0.268 e. The second kappa shape index (κ2) is 7.46. The van der Waals surface area contributed by atoms with E-state index in [9.17, 15) is 4.79 Å². The first kappa shape index (κ1) is 21.7. The lowest BCUT2D eigenvalue weighted by molar-refractivity contribution is 0.101. The number of amidine groups is 1. The molecule has 0 spiro atoms. The zero-order chi connectivity index (χ0) is 20.9. The first-order valence-electron chi connectivity index (χ1n) is 7.74. The van der Waals surface area contributed by atoms with E-state index in [0.717, 1.165) is 59.0 Å². The van der Waals surface area contributed by atoms with Gasteiger partial charge in [-0.25, -0.2) is 4.99 Å². The lowest BCUT2D eigenvalue weighted by Gasteiger charge is -2.27. The summed E-state index contributed by atoms with van der Waals surface area (Å²) >= 11 is 28.9. The van der Waals surface area contributed by atoms with E-state index in [4.69, 9.17) is 4.99 Å². The number of carbonyl (C=O) groups excluding carboxylic acids is 1. The van der Waals surface area contributed by atoms with Crippen molar-refractivity contribution in [2.24, 2.45) is 4.99 Å². The molecule has 0 aromatic heterocycles. The van der Waals surface area contributed by atoms with E-state index >= 15 is 0 Å². The summed E-state index contributed by atoms with van der Waals surface area (Å²) in [5, 5.41) is 1.84. The molecule has 1 amide bonds. The van der Waals surface area contributed by atoms with Crippen molar-refractivity contribution in [1.82, 2.24) is 0 Å². The predicted molar refractivity (Wildman–Crippen MR) is 145 cm³/mol. The molecule has 0 atom stereocenters. The van der Waals surface area contributed by atoms with Crippen LogP contribution in [-0.2, 0) is 0 Å². The first-order valence-corrected chi connectivity index (χ1v) is 14.1. The Kier molecular flexibility index (Phi) is 5.59. The van der Waals surface area contributed by atoms with Crippen molar-refractivity contribution in [2.75, 3.05) is 4.90 Å². The number of aliphatic imine (C=N–C) groups is 1. The van der Waals surface area contributed by atoms with Gasteiger partial charge in [0.1, 0.15) is 5.84 Å². The third-order valence-electron chi connectivity index (χ3n) is 4.73. The number of hydrogen-bond acceptors (Lipinski definition) is 2. The first-order chi connectivity index (χ1) is 13.6. The van der Waals surface area contributed by atoms with Gasteiger partial charge in [0.05, 0.1) is 21.4 Å². The Morgan fingerprint density at radius 3 is 1.93 bits per heavy atom. The number of nitrogens with zero attached hydrogens (tertiary/aromatic N) is 2. The predicted octanol–water partition coefficient (Wildman–Crippen LogP) is 9.99. The van der Waals surface area contributed by atoms with E-state index in [0.29, 0.717) is 15.9 Å². The Bertz CT molecular complexity index is 1360. The van der Waals surface area contributed by atoms with Crippen LogP contribution in [0.5, 0.6) is 0 Å². The van der Waals surface area contributed by atoms with Crippen molar-refractivity contribution in [2.45, 2.75) is 0 Å². The number of fused-ring (bicyclic) bond motifs is 4. The van der Waals surface area contributed by atoms with E-state index in [1.807, 2.05) is 12.1 Å². The van der Waals surface area contributed by atoms with Gasteiger partial charge in [0.2, 0.25) is 0 Å². The van der Waals surface area contributed by atoms with Crippen LogP contribution in [0.1, 0.15) is 15.9 Å². The Hall–Kier alpha value is 0.900. The van der Waals surface area contributed by atoms with Gasteiger partial charge in [0.15, 0.2) is 0 Å². The highest BCUT2D eigenvalue weighted by atomic mass is 79.9. The fourth-order valence-electron chi connectivity index (χ4n) is 3.52. The van der Waals surface area contributed by atoms with Gasteiger partial charge in [-0.1, -0.05) is 0 Å². The van der Waals surface area contributed by atoms with E-state index < -0.39 is 0 Å². The summed E-state index contributed by atoms with van der Waals surface area (Å²) in [6, 6.07) is 3.97. The molecule has 5 rings (SSSR count). The molecule has 29 heavy (non-hydrogen) atoms. The third kappa shape index (κ3) is 2.90. The van der Waals surface area contributed by atoms with Crippen molar-refractivity contribution in [3.05, 3.63) is 59.0 Å². The molecule has 0 unspecified atom stereocenters. The molecule has 2 aliphatic rings. The van der Waals surface area contributed by atoms with Gasteiger partial charge < -0.3 is 0 Å². The molecule has 0 saturated heterocycles. The molecule has 0 saturated carbocycles. The number of halogens is 8. The average molecular weight is 901 g/mol. The molecular weight excluding hydrogens is 899 g/mol. The summed E-state index contributed by atoms with van der Waals surface area (Å²) < 4.78 is 6.44. The number of carbonyl (C=O) groups is 1. The maximum atomic E-state index is 13.6. The molecule has 0 bridgehead atoms. The monoisotopic (exact) mass is 893 g/mol. The smallest absolute Gasteiger partial charge is 0.266 e. The minimum atomic E-state index is -0.149. The lowest BCUT2D eigenvalue weighted by atomic mass is 10.0. The molecule has 146 valence electrons. The number of anilines is 1. The second-order valence-electron chi connectivity index (χ2n) is 6.22. The van der Waals surface area contributed by atoms with Crippen molar-refractivity contribution in [3.63, 3.8) is 0 Å². The highest BCUT2D eigenvalue weighted by Crippen LogP contribution is 2.54. The summed E-state index contributed by atoms with van der Waals surface area (Å²) in [5.41, 5.74) is 2.83. The molecule has 0 aliphatic carbocycles. The standard InChI is InChI=1S/C18H2Br8N2O/c19-4-1-3-7-6(2-5(20)10(3)21)27-17-8-9(13(24)15(26)14(25)12(8)23)18(29)28(17)16(7)11(4)22/h1-2H. The molecule has 0 fully saturated rings. The summed E-state index contributed by atoms with van der Waals surface area (Å²) in [5.74, 6) is 0.428. The minimum absolute atomic E-state index is 0.149. The summed E-state index contributed by atoms with van der Waals surface area (Å²) in [6.45, 7) is 0. The van der Waals surface area contributed by atoms with Crippen molar-refractivity contribution in [1.29, 1.82) is 0 Å². The molecular formula is C18H2Br8N2O. The zero-order valence-electron chi connectivity index (χ0n) is 13.5. The fourth-order valence-corrected chi connectivity index (χ4v) is 7.75. The maximum absolute atomic E-state index is 13.6. The van der Waals surface area contributed by atoms with Crippen molar-refractivity contribution in [3.8, 4) is 0 Å². The van der Waals surface area contributed by atoms with E-state index in [-0.39, 0.29) is 5.91 Å². The summed E-state index contributed by atoms with van der Waals surface area (Å²) in [4.78, 5) is 20.2. The highest BCUT2D eigenvalue weighted by molar-refractivity contribution is 9.15. The van der Waals surface area contributed by atoms with Crippen LogP contribution < -0.4 is 4.90 Å². The Morgan fingerprint density at radius 1 is 0.690 bits per heavy atom. The molecule has 3 nitrogen and oxygen atoms in total. The van der Waals surface area contributed by atoms with E-state index in [2.05, 4.69) is 127 Å². The van der Waals surface area contributed by atoms with Gasteiger partial charge in [-0.15, -0.1) is 0 Å². The van der Waals surface area contributed by atoms with Gasteiger partial charge in [0.25, 0.3) is 5.91 Å². The Labute approximate surface area is 232 Å². The van der Waals surface area contributed by atoms with E-state index in [1.54, 1.807) is 4.90 Å². The third-order valence-corrected chi connectivity index (χ3v) is 13.5. The van der Waals surface area contributed by atoms with Crippen LogP contribution >= 0.6 is 127 Å².